The Hall–Kier alpha value is -0.850. The summed E-state index contributed by atoms with van der Waals surface area (Å²) in [6, 6.07) is 2.14. The van der Waals surface area contributed by atoms with Crippen molar-refractivity contribution in [3.63, 3.8) is 0 Å². The zero-order chi connectivity index (χ0) is 13.3. The first kappa shape index (κ1) is 13.6. The van der Waals surface area contributed by atoms with E-state index in [1.165, 1.54) is 11.0 Å². The molecule has 4 nitrogen and oxygen atoms in total. The lowest BCUT2D eigenvalue weighted by atomic mass is 10.3. The average molecular weight is 338 g/mol. The highest BCUT2D eigenvalue weighted by Gasteiger charge is 2.25. The van der Waals surface area contributed by atoms with Gasteiger partial charge in [0.05, 0.1) is 21.3 Å². The summed E-state index contributed by atoms with van der Waals surface area (Å²) >= 11 is 8.91. The van der Waals surface area contributed by atoms with Crippen LogP contribution in [0.15, 0.2) is 16.6 Å². The Kier molecular flexibility index (Phi) is 4.09. The van der Waals surface area contributed by atoms with Crippen LogP contribution in [0.2, 0.25) is 5.02 Å². The molecule has 1 unspecified atom stereocenters. The molecule has 2 amide bonds. The van der Waals surface area contributed by atoms with E-state index in [0.717, 1.165) is 6.07 Å². The second-order valence-corrected chi connectivity index (χ2v) is 5.33. The topological polar surface area (TPSA) is 52.6 Å². The van der Waals surface area contributed by atoms with Gasteiger partial charge in [-0.3, -0.25) is 0 Å². The molecule has 0 aliphatic carbocycles. The molecule has 1 aliphatic heterocycles. The van der Waals surface area contributed by atoms with Gasteiger partial charge in [-0.1, -0.05) is 11.6 Å². The summed E-state index contributed by atoms with van der Waals surface area (Å²) in [5, 5.41) is 12.1. The number of halogens is 3. The largest absolute Gasteiger partial charge is 0.391 e. The fourth-order valence-corrected chi connectivity index (χ4v) is 2.42. The minimum Gasteiger partial charge on any atom is -0.391 e. The number of aliphatic hydroxyl groups is 1. The van der Waals surface area contributed by atoms with Crippen LogP contribution in [0.3, 0.4) is 0 Å². The van der Waals surface area contributed by atoms with Crippen LogP contribution in [-0.2, 0) is 0 Å². The van der Waals surface area contributed by atoms with E-state index >= 15 is 0 Å². The van der Waals surface area contributed by atoms with E-state index in [-0.39, 0.29) is 21.7 Å². The summed E-state index contributed by atoms with van der Waals surface area (Å²) in [6.07, 6.45) is 0.0587. The number of anilines is 1. The Morgan fingerprint density at radius 3 is 2.94 bits per heavy atom. The molecule has 0 spiro atoms. The van der Waals surface area contributed by atoms with Crippen LogP contribution in [0.1, 0.15) is 6.42 Å². The number of urea groups is 1. The molecule has 1 saturated heterocycles. The van der Waals surface area contributed by atoms with Crippen LogP contribution in [0.5, 0.6) is 0 Å². The van der Waals surface area contributed by atoms with Gasteiger partial charge in [-0.25, -0.2) is 9.18 Å². The van der Waals surface area contributed by atoms with Crippen LogP contribution in [0.4, 0.5) is 14.9 Å². The normalized spacial score (nSPS) is 19.1. The number of hydrogen-bond donors (Lipinski definition) is 2. The number of β-amino-alcohol motifs (C(OH)–C–C–N with tert-alkyl or cyclic N) is 1. The van der Waals surface area contributed by atoms with E-state index in [2.05, 4.69) is 21.2 Å². The average Bonchev–Trinajstić information content (AvgIpc) is 2.73. The summed E-state index contributed by atoms with van der Waals surface area (Å²) in [6.45, 7) is 0.756. The molecule has 2 rings (SSSR count). The second kappa shape index (κ2) is 5.42. The van der Waals surface area contributed by atoms with Crippen molar-refractivity contribution in [3.05, 3.63) is 27.4 Å². The molecular formula is C11H11BrClFN2O2. The molecule has 18 heavy (non-hydrogen) atoms. The number of nitrogens with one attached hydrogen (secondary N) is 1. The summed E-state index contributed by atoms with van der Waals surface area (Å²) < 4.78 is 13.6. The van der Waals surface area contributed by atoms with E-state index < -0.39 is 18.0 Å². The fraction of sp³-hybridized carbons (Fsp3) is 0.364. The van der Waals surface area contributed by atoms with Crippen LogP contribution < -0.4 is 5.32 Å². The Balaban J connectivity index is 2.09. The minimum atomic E-state index is -0.504. The third kappa shape index (κ3) is 2.93. The van der Waals surface area contributed by atoms with Gasteiger partial charge >= 0.3 is 6.03 Å². The number of amides is 2. The Morgan fingerprint density at radius 1 is 1.61 bits per heavy atom. The molecule has 1 heterocycles. The number of likely N-dealkylation sites (tertiary alicyclic amines) is 1. The fourth-order valence-electron chi connectivity index (χ4n) is 1.74. The Bertz CT molecular complexity index is 486. The first-order valence-corrected chi connectivity index (χ1v) is 6.53. The lowest BCUT2D eigenvalue weighted by molar-refractivity contribution is 0.176. The molecule has 0 aromatic heterocycles. The number of nitrogens with zero attached hydrogens (tertiary/aromatic N) is 1. The van der Waals surface area contributed by atoms with Gasteiger partial charge in [-0.05, 0) is 28.4 Å². The van der Waals surface area contributed by atoms with Crippen molar-refractivity contribution in [2.24, 2.45) is 0 Å². The van der Waals surface area contributed by atoms with Crippen molar-refractivity contribution in [2.75, 3.05) is 18.4 Å². The summed E-state index contributed by atoms with van der Waals surface area (Å²) in [4.78, 5) is 13.3. The molecular weight excluding hydrogens is 326 g/mol. The molecule has 2 N–H and O–H groups in total. The molecule has 1 aliphatic rings. The minimum absolute atomic E-state index is 0.212. The first-order valence-electron chi connectivity index (χ1n) is 5.36. The van der Waals surface area contributed by atoms with Gasteiger partial charge in [-0.2, -0.15) is 0 Å². The smallest absolute Gasteiger partial charge is 0.321 e. The van der Waals surface area contributed by atoms with Crippen molar-refractivity contribution in [1.82, 2.24) is 4.90 Å². The number of carbonyl (C=O) groups is 1. The number of carbonyl (C=O) groups excluding carboxylic acids is 1. The maximum Gasteiger partial charge on any atom is 0.321 e. The van der Waals surface area contributed by atoms with Crippen LogP contribution in [0, 0.1) is 5.82 Å². The van der Waals surface area contributed by atoms with Crippen LogP contribution >= 0.6 is 27.5 Å². The van der Waals surface area contributed by atoms with Gasteiger partial charge in [0, 0.05) is 19.2 Å². The number of benzene rings is 1. The predicted octanol–water partition coefficient (Wildman–Crippen LogP) is 2.84. The standard InChI is InChI=1S/C11H11BrClFN2O2/c12-7-3-8(13)10(4-9(7)14)15-11(18)16-2-1-6(17)5-16/h3-4,6,17H,1-2,5H2,(H,15,18). The molecule has 7 heteroatoms. The maximum atomic E-state index is 13.3. The Labute approximate surface area is 117 Å². The number of hydrogen-bond acceptors (Lipinski definition) is 2. The summed E-state index contributed by atoms with van der Waals surface area (Å²) in [5.74, 6) is -0.504. The van der Waals surface area contributed by atoms with Gasteiger partial charge < -0.3 is 15.3 Å². The van der Waals surface area contributed by atoms with Crippen molar-refractivity contribution < 1.29 is 14.3 Å². The Morgan fingerprint density at radius 2 is 2.33 bits per heavy atom. The lowest BCUT2D eigenvalue weighted by Crippen LogP contribution is -2.33. The SMILES string of the molecule is O=C(Nc1cc(F)c(Br)cc1Cl)N1CCC(O)C1. The van der Waals surface area contributed by atoms with Gasteiger partial charge in [0.15, 0.2) is 0 Å². The molecule has 0 bridgehead atoms. The zero-order valence-corrected chi connectivity index (χ0v) is 11.6. The molecule has 1 aromatic carbocycles. The summed E-state index contributed by atoms with van der Waals surface area (Å²) in [5.41, 5.74) is 0.212. The number of rotatable bonds is 1. The monoisotopic (exact) mass is 336 g/mol. The van der Waals surface area contributed by atoms with Gasteiger partial charge in [0.1, 0.15) is 5.82 Å². The van der Waals surface area contributed by atoms with Gasteiger partial charge in [-0.15, -0.1) is 0 Å². The van der Waals surface area contributed by atoms with Crippen LogP contribution in [-0.4, -0.2) is 35.2 Å². The van der Waals surface area contributed by atoms with Crippen LogP contribution in [0.25, 0.3) is 0 Å². The van der Waals surface area contributed by atoms with Crippen molar-refractivity contribution in [1.29, 1.82) is 0 Å². The third-order valence-corrected chi connectivity index (χ3v) is 3.62. The highest BCUT2D eigenvalue weighted by molar-refractivity contribution is 9.10. The van der Waals surface area contributed by atoms with Gasteiger partial charge in [0.2, 0.25) is 0 Å². The number of aliphatic hydroxyl groups excluding tert-OH is 1. The van der Waals surface area contributed by atoms with E-state index in [0.29, 0.717) is 13.0 Å². The molecule has 0 radical (unpaired) electrons. The maximum absolute atomic E-state index is 13.3. The molecule has 98 valence electrons. The third-order valence-electron chi connectivity index (χ3n) is 2.70. The quantitative estimate of drug-likeness (QED) is 0.774. The second-order valence-electron chi connectivity index (χ2n) is 4.06. The predicted molar refractivity (Wildman–Crippen MR) is 70.3 cm³/mol. The van der Waals surface area contributed by atoms with Crippen molar-refractivity contribution in [2.45, 2.75) is 12.5 Å². The van der Waals surface area contributed by atoms with Crippen molar-refractivity contribution >= 4 is 39.2 Å². The summed E-state index contributed by atoms with van der Waals surface area (Å²) in [7, 11) is 0. The van der Waals surface area contributed by atoms with E-state index in [9.17, 15) is 14.3 Å². The molecule has 1 aromatic rings. The van der Waals surface area contributed by atoms with E-state index in [4.69, 9.17) is 11.6 Å². The van der Waals surface area contributed by atoms with Gasteiger partial charge in [0.25, 0.3) is 0 Å². The molecule has 0 saturated carbocycles. The molecule has 1 fully saturated rings. The first-order chi connectivity index (χ1) is 8.47. The highest BCUT2D eigenvalue weighted by atomic mass is 79.9. The molecule has 1 atom stereocenters. The van der Waals surface area contributed by atoms with Crippen molar-refractivity contribution in [3.8, 4) is 0 Å². The highest BCUT2D eigenvalue weighted by Crippen LogP contribution is 2.28. The zero-order valence-electron chi connectivity index (χ0n) is 9.29. The lowest BCUT2D eigenvalue weighted by Gasteiger charge is -2.17. The van der Waals surface area contributed by atoms with E-state index in [1.807, 2.05) is 0 Å². The van der Waals surface area contributed by atoms with E-state index in [1.54, 1.807) is 0 Å².